The summed E-state index contributed by atoms with van der Waals surface area (Å²) < 4.78 is 0. The van der Waals surface area contributed by atoms with Crippen molar-refractivity contribution in [1.82, 2.24) is 14.8 Å². The summed E-state index contributed by atoms with van der Waals surface area (Å²) in [6.07, 6.45) is 0.893. The molecule has 0 aromatic carbocycles. The number of hydrogen-bond acceptors (Lipinski definition) is 7. The second kappa shape index (κ2) is 7.69. The molecule has 2 aliphatic rings. The molecule has 0 bridgehead atoms. The van der Waals surface area contributed by atoms with Crippen molar-refractivity contribution >= 4 is 47.0 Å². The van der Waals surface area contributed by atoms with Gasteiger partial charge in [-0.15, -0.1) is 11.3 Å². The van der Waals surface area contributed by atoms with Gasteiger partial charge in [0, 0.05) is 24.9 Å². The van der Waals surface area contributed by atoms with Crippen molar-refractivity contribution in [1.29, 1.82) is 0 Å². The molecule has 4 atom stereocenters. The highest BCUT2D eigenvalue weighted by Gasteiger charge is 2.59. The van der Waals surface area contributed by atoms with E-state index >= 15 is 0 Å². The molecule has 0 unspecified atom stereocenters. The third kappa shape index (κ3) is 3.25. The van der Waals surface area contributed by atoms with E-state index in [-0.39, 0.29) is 29.5 Å². The predicted octanol–water partition coefficient (Wildman–Crippen LogP) is 1.70. The molecule has 0 radical (unpaired) electrons. The van der Waals surface area contributed by atoms with Crippen LogP contribution in [0.3, 0.4) is 0 Å². The van der Waals surface area contributed by atoms with Crippen LogP contribution in [0.2, 0.25) is 0 Å². The Morgan fingerprint density at radius 1 is 1.43 bits per heavy atom. The van der Waals surface area contributed by atoms with Crippen LogP contribution in [0, 0.1) is 11.8 Å². The van der Waals surface area contributed by atoms with Gasteiger partial charge in [-0.3, -0.25) is 9.59 Å². The Balaban J connectivity index is 1.84. The van der Waals surface area contributed by atoms with E-state index in [4.69, 9.17) is 0 Å². The normalized spacial score (nSPS) is 25.1. The summed E-state index contributed by atoms with van der Waals surface area (Å²) in [4.78, 5) is 44.3. The number of carbonyl (C=O) groups is 3. The minimum absolute atomic E-state index is 0.0251. The fraction of sp³-hybridized carbons (Fsp3) is 0.444. The van der Waals surface area contributed by atoms with Crippen molar-refractivity contribution in [3.63, 3.8) is 0 Å². The molecule has 3 heterocycles. The van der Waals surface area contributed by atoms with Crippen LogP contribution in [0.15, 0.2) is 21.5 Å². The van der Waals surface area contributed by atoms with Crippen LogP contribution < -0.4 is 0 Å². The number of carbonyl (C=O) groups excluding carboxylic acids is 2. The van der Waals surface area contributed by atoms with Gasteiger partial charge in [0.2, 0.25) is 5.91 Å². The second-order valence-electron chi connectivity index (χ2n) is 6.96. The quantitative estimate of drug-likeness (QED) is 0.670. The Kier molecular flexibility index (Phi) is 5.64. The molecule has 0 aliphatic carbocycles. The maximum atomic E-state index is 12.3. The van der Waals surface area contributed by atoms with E-state index in [1.54, 1.807) is 38.0 Å². The van der Waals surface area contributed by atoms with Crippen LogP contribution in [0.25, 0.3) is 6.08 Å². The summed E-state index contributed by atoms with van der Waals surface area (Å²) >= 11 is 2.53. The molecule has 10 heteroatoms. The minimum atomic E-state index is -1.16. The summed E-state index contributed by atoms with van der Waals surface area (Å²) in [5.41, 5.74) is 1.90. The average Bonchev–Trinajstić information content (AvgIpc) is 3.16. The third-order valence-electron chi connectivity index (χ3n) is 4.93. The highest BCUT2D eigenvalue weighted by Crippen LogP contribution is 2.50. The van der Waals surface area contributed by atoms with Gasteiger partial charge in [-0.1, -0.05) is 18.7 Å². The Hall–Kier alpha value is -2.17. The molecular weight excluding hydrogens is 402 g/mol. The molecular formula is C18H21N3O5S2. The lowest BCUT2D eigenvalue weighted by molar-refractivity contribution is -0.163. The lowest BCUT2D eigenvalue weighted by atomic mass is 9.79. The number of aliphatic hydroxyl groups excluding tert-OH is 1. The molecule has 1 fully saturated rings. The van der Waals surface area contributed by atoms with Gasteiger partial charge in [0.25, 0.3) is 5.91 Å². The van der Waals surface area contributed by atoms with Crippen molar-refractivity contribution in [3.05, 3.63) is 32.1 Å². The third-order valence-corrected chi connectivity index (χ3v) is 6.81. The number of aliphatic hydroxyl groups is 1. The minimum Gasteiger partial charge on any atom is -0.477 e. The van der Waals surface area contributed by atoms with Gasteiger partial charge in [0.05, 0.1) is 28.5 Å². The lowest BCUT2D eigenvalue weighted by Crippen LogP contribution is -2.63. The average molecular weight is 424 g/mol. The Bertz CT molecular complexity index is 890. The number of thioether (sulfide) groups is 1. The Morgan fingerprint density at radius 3 is 2.68 bits per heavy atom. The number of carboxylic acid groups (broad SMARTS) is 1. The number of hydrogen-bond donors (Lipinski definition) is 2. The molecule has 1 aromatic rings. The van der Waals surface area contributed by atoms with E-state index in [0.717, 1.165) is 0 Å². The van der Waals surface area contributed by atoms with E-state index in [1.807, 2.05) is 6.92 Å². The molecule has 2 N–H and O–H groups in total. The van der Waals surface area contributed by atoms with Crippen molar-refractivity contribution in [2.75, 3.05) is 14.1 Å². The van der Waals surface area contributed by atoms with Crippen LogP contribution in [0.5, 0.6) is 0 Å². The molecule has 150 valence electrons. The topological polar surface area (TPSA) is 111 Å². The zero-order valence-electron chi connectivity index (χ0n) is 15.8. The molecule has 28 heavy (non-hydrogen) atoms. The van der Waals surface area contributed by atoms with E-state index in [2.05, 4.69) is 4.98 Å². The van der Waals surface area contributed by atoms with E-state index < -0.39 is 18.0 Å². The maximum Gasteiger partial charge on any atom is 0.353 e. The highest BCUT2D eigenvalue weighted by atomic mass is 32.2. The zero-order chi connectivity index (χ0) is 20.7. The van der Waals surface area contributed by atoms with Gasteiger partial charge in [-0.25, -0.2) is 9.78 Å². The van der Waals surface area contributed by atoms with Crippen molar-refractivity contribution in [2.24, 2.45) is 11.8 Å². The van der Waals surface area contributed by atoms with E-state index in [9.17, 15) is 24.6 Å². The Morgan fingerprint density at radius 2 is 2.11 bits per heavy atom. The summed E-state index contributed by atoms with van der Waals surface area (Å²) in [5, 5.41) is 21.2. The van der Waals surface area contributed by atoms with Crippen LogP contribution in [0.4, 0.5) is 0 Å². The molecule has 3 rings (SSSR count). The second-order valence-corrected chi connectivity index (χ2v) is 8.79. The number of nitrogens with zero attached hydrogens (tertiary/aromatic N) is 3. The largest absolute Gasteiger partial charge is 0.477 e. The number of rotatable bonds is 6. The number of carboxylic acids is 1. The van der Waals surface area contributed by atoms with Gasteiger partial charge in [-0.05, 0) is 18.4 Å². The van der Waals surface area contributed by atoms with Crippen molar-refractivity contribution in [2.45, 2.75) is 26.0 Å². The molecule has 0 spiro atoms. The first kappa shape index (κ1) is 20.6. The van der Waals surface area contributed by atoms with Crippen LogP contribution in [-0.4, -0.2) is 69.0 Å². The zero-order valence-corrected chi connectivity index (χ0v) is 17.5. The van der Waals surface area contributed by atoms with Gasteiger partial charge in [-0.2, -0.15) is 0 Å². The lowest BCUT2D eigenvalue weighted by Gasteiger charge is -2.46. The van der Waals surface area contributed by atoms with Crippen LogP contribution in [-0.2, 0) is 9.59 Å². The van der Waals surface area contributed by atoms with Gasteiger partial charge in [0.1, 0.15) is 11.4 Å². The number of aliphatic carboxylic acids is 1. The first-order valence-electron chi connectivity index (χ1n) is 8.63. The summed E-state index contributed by atoms with van der Waals surface area (Å²) in [6, 6.07) is -0.344. The van der Waals surface area contributed by atoms with Crippen molar-refractivity contribution in [3.8, 4) is 0 Å². The highest BCUT2D eigenvalue weighted by molar-refractivity contribution is 8.06. The van der Waals surface area contributed by atoms with Gasteiger partial charge in [0.15, 0.2) is 0 Å². The summed E-state index contributed by atoms with van der Waals surface area (Å²) in [5.74, 6) is -2.52. The fourth-order valence-corrected chi connectivity index (χ4v) is 5.35. The fourth-order valence-electron chi connectivity index (χ4n) is 3.59. The standard InChI is InChI=1S/C18H21N3O5S2/c1-8-13-11(9(2)22)16(23)21(13)14(18(25)26)15(8)27-6-5-10-12(19-7-28-10)17(24)20(3)4/h5-9,11,13,22H,1-4H3,(H,25,26)/t8-,9-,11-,13-/m1/s1. The first-order valence-corrected chi connectivity index (χ1v) is 10.4. The smallest absolute Gasteiger partial charge is 0.353 e. The van der Waals surface area contributed by atoms with Crippen LogP contribution in [0.1, 0.15) is 29.2 Å². The van der Waals surface area contributed by atoms with Gasteiger partial charge >= 0.3 is 5.97 Å². The van der Waals surface area contributed by atoms with E-state index in [0.29, 0.717) is 15.5 Å². The SMILES string of the molecule is C[C@@H](O)[C@H]1C(=O)N2C(C(=O)O)=C(SC=Cc3scnc3C(=O)N(C)C)[C@H](C)[C@H]12. The van der Waals surface area contributed by atoms with Gasteiger partial charge < -0.3 is 20.0 Å². The number of amides is 2. The summed E-state index contributed by atoms with van der Waals surface area (Å²) in [7, 11) is 3.29. The number of fused-ring (bicyclic) bond motifs is 1. The number of aromatic nitrogens is 1. The van der Waals surface area contributed by atoms with Crippen LogP contribution >= 0.6 is 23.1 Å². The predicted molar refractivity (Wildman–Crippen MR) is 106 cm³/mol. The van der Waals surface area contributed by atoms with Crippen molar-refractivity contribution < 1.29 is 24.6 Å². The monoisotopic (exact) mass is 423 g/mol. The molecule has 2 aliphatic heterocycles. The molecule has 1 saturated heterocycles. The molecule has 8 nitrogen and oxygen atoms in total. The maximum absolute atomic E-state index is 12.3. The number of β-lactam (4-membered cyclic amide) rings is 1. The summed E-state index contributed by atoms with van der Waals surface area (Å²) in [6.45, 7) is 3.41. The molecule has 2 amide bonds. The first-order chi connectivity index (χ1) is 13.2. The van der Waals surface area contributed by atoms with E-state index in [1.165, 1.54) is 32.9 Å². The molecule has 1 aromatic heterocycles. The Labute approximate surface area is 170 Å². The number of thiazole rings is 1. The molecule has 0 saturated carbocycles.